The number of rotatable bonds is 3. The smallest absolute Gasteiger partial charge is 0.142 e. The number of hydrogen-bond donors (Lipinski definition) is 1. The Morgan fingerprint density at radius 2 is 1.94 bits per heavy atom. The van der Waals surface area contributed by atoms with E-state index < -0.39 is 11.6 Å². The van der Waals surface area contributed by atoms with E-state index in [0.29, 0.717) is 0 Å². The molecule has 1 aromatic carbocycles. The maximum absolute atomic E-state index is 13.9. The second-order valence-corrected chi connectivity index (χ2v) is 5.52. The summed E-state index contributed by atoms with van der Waals surface area (Å²) in [6.07, 6.45) is 0. The minimum atomic E-state index is -0.611. The second kappa shape index (κ2) is 5.34. The van der Waals surface area contributed by atoms with E-state index in [0.717, 1.165) is 22.6 Å². The molecule has 1 unspecified atom stereocenters. The topological polar surface area (TPSA) is 12.0 Å². The molecule has 0 fully saturated rings. The fourth-order valence-corrected chi connectivity index (χ4v) is 2.76. The molecule has 96 valence electrons. The summed E-state index contributed by atoms with van der Waals surface area (Å²) in [5.74, 6) is -1.12. The van der Waals surface area contributed by atoms with Crippen molar-refractivity contribution in [3.05, 3.63) is 56.2 Å². The van der Waals surface area contributed by atoms with Gasteiger partial charge in [-0.15, -0.1) is 11.3 Å². The first-order valence-electron chi connectivity index (χ1n) is 5.39. The van der Waals surface area contributed by atoms with Crippen LogP contribution in [0.1, 0.15) is 22.0 Å². The van der Waals surface area contributed by atoms with Crippen molar-refractivity contribution in [2.45, 2.75) is 13.0 Å². The van der Waals surface area contributed by atoms with Gasteiger partial charge in [0.05, 0.1) is 11.1 Å². The molecular formula is C13H12ClF2NS. The van der Waals surface area contributed by atoms with Gasteiger partial charge in [-0.05, 0) is 43.1 Å². The molecule has 2 rings (SSSR count). The van der Waals surface area contributed by atoms with Gasteiger partial charge >= 0.3 is 0 Å². The van der Waals surface area contributed by atoms with Crippen LogP contribution >= 0.6 is 22.9 Å². The molecular weight excluding hydrogens is 276 g/mol. The lowest BCUT2D eigenvalue weighted by atomic mass is 10.0. The molecule has 0 aliphatic rings. The molecule has 0 spiro atoms. The summed E-state index contributed by atoms with van der Waals surface area (Å²) in [7, 11) is 1.71. The van der Waals surface area contributed by atoms with Gasteiger partial charge in [-0.3, -0.25) is 0 Å². The molecule has 0 radical (unpaired) electrons. The third-order valence-corrected chi connectivity index (χ3v) is 3.89. The largest absolute Gasteiger partial charge is 0.309 e. The average molecular weight is 288 g/mol. The van der Waals surface area contributed by atoms with E-state index >= 15 is 0 Å². The SMILES string of the molecule is CNC(c1csc(C)c1)c1cc(F)c(Cl)cc1F. The summed E-state index contributed by atoms with van der Waals surface area (Å²) in [5, 5.41) is 4.72. The average Bonchev–Trinajstić information content (AvgIpc) is 2.73. The highest BCUT2D eigenvalue weighted by atomic mass is 35.5. The number of benzene rings is 1. The van der Waals surface area contributed by atoms with Crippen LogP contribution in [-0.4, -0.2) is 7.05 Å². The summed E-state index contributed by atoms with van der Waals surface area (Å²) in [6, 6.07) is 3.74. The monoisotopic (exact) mass is 287 g/mol. The van der Waals surface area contributed by atoms with Crippen LogP contribution in [0.5, 0.6) is 0 Å². The Morgan fingerprint density at radius 3 is 2.50 bits per heavy atom. The predicted octanol–water partition coefficient (Wildman–Crippen LogP) is 4.30. The Bertz CT molecular complexity index is 568. The Balaban J connectivity index is 2.48. The molecule has 1 aromatic heterocycles. The van der Waals surface area contributed by atoms with E-state index in [4.69, 9.17) is 11.6 Å². The summed E-state index contributed by atoms with van der Waals surface area (Å²) in [4.78, 5) is 1.13. The summed E-state index contributed by atoms with van der Waals surface area (Å²) in [6.45, 7) is 1.97. The number of hydrogen-bond acceptors (Lipinski definition) is 2. The van der Waals surface area contributed by atoms with E-state index in [1.54, 1.807) is 18.4 Å². The van der Waals surface area contributed by atoms with Crippen LogP contribution in [0, 0.1) is 18.6 Å². The lowest BCUT2D eigenvalue weighted by Gasteiger charge is -2.16. The van der Waals surface area contributed by atoms with Crippen LogP contribution in [0.4, 0.5) is 8.78 Å². The van der Waals surface area contributed by atoms with Gasteiger partial charge in [0.25, 0.3) is 0 Å². The standard InChI is InChI=1S/C13H12ClF2NS/c1-7-3-8(6-18-7)13(17-2)9-4-12(16)10(14)5-11(9)15/h3-6,13,17H,1-2H3. The van der Waals surface area contributed by atoms with E-state index in [-0.39, 0.29) is 16.6 Å². The van der Waals surface area contributed by atoms with Gasteiger partial charge in [0, 0.05) is 10.4 Å². The molecule has 18 heavy (non-hydrogen) atoms. The van der Waals surface area contributed by atoms with E-state index in [2.05, 4.69) is 5.32 Å². The van der Waals surface area contributed by atoms with Gasteiger partial charge in [-0.2, -0.15) is 0 Å². The number of thiophene rings is 1. The van der Waals surface area contributed by atoms with Crippen LogP contribution in [0.2, 0.25) is 5.02 Å². The van der Waals surface area contributed by atoms with Gasteiger partial charge < -0.3 is 5.32 Å². The number of nitrogens with one attached hydrogen (secondary N) is 1. The van der Waals surface area contributed by atoms with Gasteiger partial charge in [0.15, 0.2) is 0 Å². The molecule has 0 saturated carbocycles. The molecule has 0 aliphatic heterocycles. The molecule has 2 aromatic rings. The Hall–Kier alpha value is -0.970. The molecule has 0 saturated heterocycles. The van der Waals surface area contributed by atoms with Crippen molar-refractivity contribution in [1.29, 1.82) is 0 Å². The quantitative estimate of drug-likeness (QED) is 0.830. The first-order valence-corrected chi connectivity index (χ1v) is 6.65. The molecule has 0 aliphatic carbocycles. The van der Waals surface area contributed by atoms with Gasteiger partial charge in [0.2, 0.25) is 0 Å². The third-order valence-electron chi connectivity index (χ3n) is 2.72. The number of halogens is 3. The van der Waals surface area contributed by atoms with Crippen LogP contribution < -0.4 is 5.32 Å². The van der Waals surface area contributed by atoms with Crippen molar-refractivity contribution >= 4 is 22.9 Å². The predicted molar refractivity (Wildman–Crippen MR) is 71.3 cm³/mol. The zero-order valence-electron chi connectivity index (χ0n) is 9.93. The van der Waals surface area contributed by atoms with Gasteiger partial charge in [-0.25, -0.2) is 8.78 Å². The van der Waals surface area contributed by atoms with Crippen molar-refractivity contribution in [2.75, 3.05) is 7.05 Å². The molecule has 1 nitrogen and oxygen atoms in total. The Labute approximate surface area is 113 Å². The van der Waals surface area contributed by atoms with Crippen molar-refractivity contribution in [3.8, 4) is 0 Å². The van der Waals surface area contributed by atoms with E-state index in [1.165, 1.54) is 0 Å². The molecule has 1 atom stereocenters. The third kappa shape index (κ3) is 2.55. The van der Waals surface area contributed by atoms with Crippen molar-refractivity contribution in [1.82, 2.24) is 5.32 Å². The first kappa shape index (κ1) is 13.5. The minimum absolute atomic E-state index is 0.201. The molecule has 0 bridgehead atoms. The van der Waals surface area contributed by atoms with Gasteiger partial charge in [-0.1, -0.05) is 11.6 Å². The minimum Gasteiger partial charge on any atom is -0.309 e. The zero-order chi connectivity index (χ0) is 13.3. The van der Waals surface area contributed by atoms with E-state index in [1.807, 2.05) is 18.4 Å². The maximum atomic E-state index is 13.9. The van der Waals surface area contributed by atoms with Crippen molar-refractivity contribution < 1.29 is 8.78 Å². The highest BCUT2D eigenvalue weighted by Gasteiger charge is 2.19. The van der Waals surface area contributed by atoms with E-state index in [9.17, 15) is 8.78 Å². The first-order chi connectivity index (χ1) is 8.52. The Morgan fingerprint density at radius 1 is 1.22 bits per heavy atom. The van der Waals surface area contributed by atoms with Gasteiger partial charge in [0.1, 0.15) is 11.6 Å². The van der Waals surface area contributed by atoms with Crippen LogP contribution in [-0.2, 0) is 0 Å². The lowest BCUT2D eigenvalue weighted by Crippen LogP contribution is -2.18. The Kier molecular flexibility index (Phi) is 4.00. The fraction of sp³-hybridized carbons (Fsp3) is 0.231. The second-order valence-electron chi connectivity index (χ2n) is 4.00. The summed E-state index contributed by atoms with van der Waals surface area (Å²) >= 11 is 7.12. The maximum Gasteiger partial charge on any atom is 0.142 e. The van der Waals surface area contributed by atoms with Crippen LogP contribution in [0.3, 0.4) is 0 Å². The normalized spacial score (nSPS) is 12.7. The number of aryl methyl sites for hydroxylation is 1. The molecule has 1 heterocycles. The van der Waals surface area contributed by atoms with Crippen molar-refractivity contribution in [3.63, 3.8) is 0 Å². The highest BCUT2D eigenvalue weighted by molar-refractivity contribution is 7.10. The summed E-state index contributed by atoms with van der Waals surface area (Å²) < 4.78 is 27.3. The lowest BCUT2D eigenvalue weighted by molar-refractivity contribution is 0.559. The zero-order valence-corrected chi connectivity index (χ0v) is 11.5. The van der Waals surface area contributed by atoms with Crippen molar-refractivity contribution in [2.24, 2.45) is 0 Å². The molecule has 0 amide bonds. The fourth-order valence-electron chi connectivity index (χ4n) is 1.88. The molecule has 5 heteroatoms. The highest BCUT2D eigenvalue weighted by Crippen LogP contribution is 2.30. The molecule has 1 N–H and O–H groups in total. The van der Waals surface area contributed by atoms with Crippen LogP contribution in [0.25, 0.3) is 0 Å². The van der Waals surface area contributed by atoms with Crippen LogP contribution in [0.15, 0.2) is 23.6 Å². The summed E-state index contributed by atoms with van der Waals surface area (Å²) in [5.41, 5.74) is 1.18.